The molecule has 0 radical (unpaired) electrons. The first kappa shape index (κ1) is 17.3. The molecule has 1 aliphatic rings. The fourth-order valence-electron chi connectivity index (χ4n) is 3.40. The summed E-state index contributed by atoms with van der Waals surface area (Å²) in [5.41, 5.74) is 6.26. The number of hydrogen-bond acceptors (Lipinski definition) is 3. The molecule has 0 saturated heterocycles. The molecule has 0 spiro atoms. The van der Waals surface area contributed by atoms with Crippen molar-refractivity contribution in [2.24, 2.45) is 7.05 Å². The maximum atomic E-state index is 12.7. The molecule has 0 unspecified atom stereocenters. The van der Waals surface area contributed by atoms with Crippen LogP contribution in [0.4, 0.5) is 0 Å². The molecule has 0 bridgehead atoms. The number of hydrogen-bond donors (Lipinski definition) is 0. The second kappa shape index (κ2) is 6.91. The molecule has 0 aliphatic carbocycles. The summed E-state index contributed by atoms with van der Waals surface area (Å²) >= 11 is 0. The molecule has 2 heterocycles. The Morgan fingerprint density at radius 2 is 1.93 bits per heavy atom. The summed E-state index contributed by atoms with van der Waals surface area (Å²) in [6, 6.07) is 14.1. The van der Waals surface area contributed by atoms with E-state index in [1.807, 2.05) is 56.2 Å². The number of fused-ring (bicyclic) bond motifs is 1. The molecule has 0 fully saturated rings. The number of carbonyl (C=O) groups excluding carboxylic acids is 1. The van der Waals surface area contributed by atoms with Gasteiger partial charge in [-0.15, -0.1) is 0 Å². The molecule has 27 heavy (non-hydrogen) atoms. The highest BCUT2D eigenvalue weighted by Crippen LogP contribution is 2.31. The van der Waals surface area contributed by atoms with E-state index in [1.165, 1.54) is 5.56 Å². The van der Waals surface area contributed by atoms with E-state index in [-0.39, 0.29) is 5.91 Å². The van der Waals surface area contributed by atoms with E-state index in [1.54, 1.807) is 4.90 Å². The van der Waals surface area contributed by atoms with E-state index in [0.717, 1.165) is 41.2 Å². The van der Waals surface area contributed by atoms with Gasteiger partial charge in [0.1, 0.15) is 5.75 Å². The van der Waals surface area contributed by atoms with Crippen LogP contribution < -0.4 is 4.74 Å². The van der Waals surface area contributed by atoms with E-state index < -0.39 is 0 Å². The number of aryl methyl sites for hydroxylation is 1. The Kier molecular flexibility index (Phi) is 4.44. The van der Waals surface area contributed by atoms with Crippen molar-refractivity contribution in [3.63, 3.8) is 0 Å². The smallest absolute Gasteiger partial charge is 0.253 e. The lowest BCUT2D eigenvalue weighted by Gasteiger charge is -2.17. The molecular formula is C22H23N3O2. The van der Waals surface area contributed by atoms with Crippen molar-refractivity contribution >= 4 is 5.91 Å². The van der Waals surface area contributed by atoms with E-state index in [0.29, 0.717) is 12.1 Å². The second-order valence-corrected chi connectivity index (χ2v) is 7.04. The van der Waals surface area contributed by atoms with Crippen LogP contribution in [0.2, 0.25) is 0 Å². The molecule has 1 amide bonds. The Balaban J connectivity index is 1.49. The second-order valence-electron chi connectivity index (χ2n) is 7.04. The van der Waals surface area contributed by atoms with E-state index in [4.69, 9.17) is 4.74 Å². The summed E-state index contributed by atoms with van der Waals surface area (Å²) in [5.74, 6) is 0.973. The van der Waals surface area contributed by atoms with Gasteiger partial charge in [0.25, 0.3) is 5.91 Å². The van der Waals surface area contributed by atoms with Crippen LogP contribution in [0.15, 0.2) is 48.7 Å². The Morgan fingerprint density at radius 1 is 1.19 bits per heavy atom. The maximum Gasteiger partial charge on any atom is 0.253 e. The van der Waals surface area contributed by atoms with Crippen LogP contribution in [0.3, 0.4) is 0 Å². The van der Waals surface area contributed by atoms with Crippen molar-refractivity contribution in [3.8, 4) is 16.9 Å². The zero-order valence-corrected chi connectivity index (χ0v) is 15.9. The van der Waals surface area contributed by atoms with Crippen molar-refractivity contribution in [2.45, 2.75) is 19.9 Å². The van der Waals surface area contributed by atoms with Crippen molar-refractivity contribution < 1.29 is 9.53 Å². The standard InChI is InChI=1S/C22H23N3O2/c1-15-20(13-23-25(15)3)14-24(2)22(26)18-7-4-16(5-8-18)19-9-6-17-10-11-27-21(17)12-19/h4-9,12-13H,10-11,14H2,1-3H3. The van der Waals surface area contributed by atoms with Crippen LogP contribution in [0.25, 0.3) is 11.1 Å². The van der Waals surface area contributed by atoms with E-state index in [9.17, 15) is 4.79 Å². The van der Waals surface area contributed by atoms with E-state index >= 15 is 0 Å². The van der Waals surface area contributed by atoms with Crippen molar-refractivity contribution in [1.82, 2.24) is 14.7 Å². The molecule has 1 aliphatic heterocycles. The lowest BCUT2D eigenvalue weighted by Crippen LogP contribution is -2.26. The minimum atomic E-state index is 0.00193. The molecule has 4 rings (SSSR count). The average Bonchev–Trinajstić information content (AvgIpc) is 3.28. The number of ether oxygens (including phenoxy) is 1. The number of amides is 1. The fraction of sp³-hybridized carbons (Fsp3) is 0.273. The van der Waals surface area contributed by atoms with Gasteiger partial charge in [-0.1, -0.05) is 24.3 Å². The van der Waals surface area contributed by atoms with Gasteiger partial charge in [0.05, 0.1) is 12.8 Å². The van der Waals surface area contributed by atoms with Crippen LogP contribution >= 0.6 is 0 Å². The molecule has 5 nitrogen and oxygen atoms in total. The van der Waals surface area contributed by atoms with Crippen molar-refractivity contribution in [1.29, 1.82) is 0 Å². The minimum absolute atomic E-state index is 0.00193. The van der Waals surface area contributed by atoms with Gasteiger partial charge in [0.2, 0.25) is 0 Å². The predicted molar refractivity (Wildman–Crippen MR) is 105 cm³/mol. The molecule has 0 N–H and O–H groups in total. The Morgan fingerprint density at radius 3 is 2.63 bits per heavy atom. The van der Waals surface area contributed by atoms with Gasteiger partial charge >= 0.3 is 0 Å². The van der Waals surface area contributed by atoms with Crippen molar-refractivity contribution in [3.05, 3.63) is 71.0 Å². The van der Waals surface area contributed by atoms with Gasteiger partial charge in [-0.05, 0) is 41.8 Å². The first-order chi connectivity index (χ1) is 13.0. The van der Waals surface area contributed by atoms with Gasteiger partial charge in [-0.3, -0.25) is 9.48 Å². The first-order valence-corrected chi connectivity index (χ1v) is 9.12. The van der Waals surface area contributed by atoms with Crippen molar-refractivity contribution in [2.75, 3.05) is 13.7 Å². The largest absolute Gasteiger partial charge is 0.493 e. The molecule has 2 aromatic carbocycles. The summed E-state index contributed by atoms with van der Waals surface area (Å²) in [4.78, 5) is 14.5. The Bertz CT molecular complexity index is 989. The normalized spacial score (nSPS) is 12.6. The molecule has 1 aromatic heterocycles. The number of carbonyl (C=O) groups is 1. The highest BCUT2D eigenvalue weighted by atomic mass is 16.5. The van der Waals surface area contributed by atoms with Gasteiger partial charge in [0, 0.05) is 43.9 Å². The van der Waals surface area contributed by atoms with Crippen LogP contribution in [0, 0.1) is 6.92 Å². The lowest BCUT2D eigenvalue weighted by molar-refractivity contribution is 0.0785. The molecule has 3 aromatic rings. The highest BCUT2D eigenvalue weighted by Gasteiger charge is 2.16. The minimum Gasteiger partial charge on any atom is -0.493 e. The molecule has 5 heteroatoms. The topological polar surface area (TPSA) is 47.4 Å². The number of rotatable bonds is 4. The zero-order chi connectivity index (χ0) is 19.0. The van der Waals surface area contributed by atoms with Gasteiger partial charge in [-0.2, -0.15) is 5.10 Å². The SMILES string of the molecule is Cc1c(CN(C)C(=O)c2ccc(-c3ccc4c(c3)OCC4)cc2)cnn1C. The molecule has 0 saturated carbocycles. The predicted octanol–water partition coefficient (Wildman–Crippen LogP) is 3.60. The summed E-state index contributed by atoms with van der Waals surface area (Å²) < 4.78 is 7.48. The summed E-state index contributed by atoms with van der Waals surface area (Å²) in [6.07, 6.45) is 2.80. The molecule has 0 atom stereocenters. The third-order valence-corrected chi connectivity index (χ3v) is 5.25. The number of aromatic nitrogens is 2. The maximum absolute atomic E-state index is 12.7. The van der Waals surface area contributed by atoms with Gasteiger partial charge in [0.15, 0.2) is 0 Å². The third-order valence-electron chi connectivity index (χ3n) is 5.25. The van der Waals surface area contributed by atoms with Gasteiger partial charge < -0.3 is 9.64 Å². The number of benzene rings is 2. The van der Waals surface area contributed by atoms with Crippen LogP contribution in [0.5, 0.6) is 5.75 Å². The molecule has 138 valence electrons. The van der Waals surface area contributed by atoms with Crippen LogP contribution in [-0.2, 0) is 20.0 Å². The monoisotopic (exact) mass is 361 g/mol. The quantitative estimate of drug-likeness (QED) is 0.713. The zero-order valence-electron chi connectivity index (χ0n) is 15.9. The summed E-state index contributed by atoms with van der Waals surface area (Å²) in [7, 11) is 3.73. The first-order valence-electron chi connectivity index (χ1n) is 9.12. The van der Waals surface area contributed by atoms with Crippen LogP contribution in [0.1, 0.15) is 27.2 Å². The summed E-state index contributed by atoms with van der Waals surface area (Å²) in [5, 5.41) is 4.24. The van der Waals surface area contributed by atoms with Gasteiger partial charge in [-0.25, -0.2) is 0 Å². The van der Waals surface area contributed by atoms with Crippen LogP contribution in [-0.4, -0.2) is 34.2 Å². The fourth-order valence-corrected chi connectivity index (χ4v) is 3.40. The highest BCUT2D eigenvalue weighted by molar-refractivity contribution is 5.94. The number of nitrogens with zero attached hydrogens (tertiary/aromatic N) is 3. The Labute approximate surface area is 159 Å². The lowest BCUT2D eigenvalue weighted by atomic mass is 10.0. The summed E-state index contributed by atoms with van der Waals surface area (Å²) in [6.45, 7) is 3.31. The third kappa shape index (κ3) is 3.33. The van der Waals surface area contributed by atoms with E-state index in [2.05, 4.69) is 23.3 Å². The Hall–Kier alpha value is -3.08. The molecular weight excluding hydrogens is 338 g/mol. The average molecular weight is 361 g/mol.